The number of nitrogens with two attached hydrogens (primary N) is 1. The minimum absolute atomic E-state index is 0.473. The molecule has 5 heteroatoms. The number of para-hydroxylation sites is 1. The molecule has 0 amide bonds. The summed E-state index contributed by atoms with van der Waals surface area (Å²) in [6, 6.07) is 7.91. The summed E-state index contributed by atoms with van der Waals surface area (Å²) in [5, 5.41) is 2.03. The maximum Gasteiger partial charge on any atom is 0.138 e. The van der Waals surface area contributed by atoms with E-state index in [2.05, 4.69) is 31.9 Å². The van der Waals surface area contributed by atoms with Crippen molar-refractivity contribution in [3.63, 3.8) is 0 Å². The molecule has 0 bridgehead atoms. The molecule has 1 aromatic heterocycles. The van der Waals surface area contributed by atoms with Crippen molar-refractivity contribution in [3.8, 4) is 5.75 Å². The molecule has 0 atom stereocenters. The second kappa shape index (κ2) is 6.00. The van der Waals surface area contributed by atoms with Crippen LogP contribution in [0.5, 0.6) is 5.75 Å². The molecule has 0 aliphatic carbocycles. The van der Waals surface area contributed by atoms with Crippen molar-refractivity contribution in [3.05, 3.63) is 49.0 Å². The molecule has 2 rings (SSSR count). The summed E-state index contributed by atoms with van der Waals surface area (Å²) in [4.78, 5) is 1.17. The van der Waals surface area contributed by atoms with Crippen molar-refractivity contribution in [1.29, 1.82) is 0 Å². The minimum Gasteiger partial charge on any atom is -0.487 e. The van der Waals surface area contributed by atoms with Crippen LogP contribution >= 0.6 is 43.2 Å². The Bertz CT molecular complexity index is 513. The first-order chi connectivity index (χ1) is 8.22. The van der Waals surface area contributed by atoms with Crippen LogP contribution in [0.15, 0.2) is 38.6 Å². The fourth-order valence-corrected chi connectivity index (χ4v) is 3.34. The van der Waals surface area contributed by atoms with Gasteiger partial charge < -0.3 is 10.5 Å². The minimum atomic E-state index is 0.473. The summed E-state index contributed by atoms with van der Waals surface area (Å²) in [5.74, 6) is 0.829. The van der Waals surface area contributed by atoms with E-state index in [1.807, 2.05) is 29.6 Å². The van der Waals surface area contributed by atoms with E-state index in [1.165, 1.54) is 4.88 Å². The molecule has 1 aromatic carbocycles. The van der Waals surface area contributed by atoms with E-state index in [1.54, 1.807) is 11.3 Å². The van der Waals surface area contributed by atoms with Gasteiger partial charge in [0, 0.05) is 16.6 Å². The molecule has 0 fully saturated rings. The number of halogens is 2. The van der Waals surface area contributed by atoms with Crippen molar-refractivity contribution < 1.29 is 4.74 Å². The lowest BCUT2D eigenvalue weighted by Gasteiger charge is -2.11. The zero-order valence-electron chi connectivity index (χ0n) is 8.95. The van der Waals surface area contributed by atoms with E-state index >= 15 is 0 Å². The van der Waals surface area contributed by atoms with Crippen LogP contribution in [0.25, 0.3) is 0 Å². The molecule has 0 saturated carbocycles. The van der Waals surface area contributed by atoms with Crippen molar-refractivity contribution in [1.82, 2.24) is 0 Å². The van der Waals surface area contributed by atoms with E-state index in [0.717, 1.165) is 20.3 Å². The first-order valence-corrected chi connectivity index (χ1v) is 7.51. The van der Waals surface area contributed by atoms with Gasteiger partial charge in [0.05, 0.1) is 9.35 Å². The second-order valence-electron chi connectivity index (χ2n) is 3.41. The molecule has 17 heavy (non-hydrogen) atoms. The van der Waals surface area contributed by atoms with Crippen LogP contribution in [0.1, 0.15) is 10.4 Å². The number of hydrogen-bond donors (Lipinski definition) is 1. The quantitative estimate of drug-likeness (QED) is 0.862. The second-order valence-corrected chi connectivity index (χ2v) is 6.12. The van der Waals surface area contributed by atoms with E-state index in [4.69, 9.17) is 10.5 Å². The predicted molar refractivity (Wildman–Crippen MR) is 78.4 cm³/mol. The standard InChI is InChI=1S/C12H11Br2NOS/c13-9-4-5-17-11(9)7-16-12-8(6-15)2-1-3-10(12)14/h1-5H,6-7,15H2. The van der Waals surface area contributed by atoms with Gasteiger partial charge in [-0.05, 0) is 49.4 Å². The monoisotopic (exact) mass is 375 g/mol. The Labute approximate surface area is 121 Å². The number of thiophene rings is 1. The Morgan fingerprint density at radius 1 is 1.18 bits per heavy atom. The molecule has 1 heterocycles. The van der Waals surface area contributed by atoms with Crippen LogP contribution in [-0.4, -0.2) is 0 Å². The zero-order chi connectivity index (χ0) is 12.3. The lowest BCUT2D eigenvalue weighted by molar-refractivity contribution is 0.304. The summed E-state index contributed by atoms with van der Waals surface area (Å²) >= 11 is 8.64. The summed E-state index contributed by atoms with van der Waals surface area (Å²) in [6.45, 7) is 1.02. The van der Waals surface area contributed by atoms with E-state index in [0.29, 0.717) is 13.2 Å². The Hall–Kier alpha value is -0.360. The molecule has 90 valence electrons. The van der Waals surface area contributed by atoms with E-state index < -0.39 is 0 Å². The summed E-state index contributed by atoms with van der Waals surface area (Å²) < 4.78 is 7.86. The smallest absolute Gasteiger partial charge is 0.138 e. The van der Waals surface area contributed by atoms with Gasteiger partial charge in [-0.1, -0.05) is 12.1 Å². The maximum absolute atomic E-state index is 5.84. The largest absolute Gasteiger partial charge is 0.487 e. The van der Waals surface area contributed by atoms with Gasteiger partial charge in [0.2, 0.25) is 0 Å². The number of rotatable bonds is 4. The highest BCUT2D eigenvalue weighted by Crippen LogP contribution is 2.31. The van der Waals surface area contributed by atoms with Crippen LogP contribution in [0.3, 0.4) is 0 Å². The van der Waals surface area contributed by atoms with Crippen LogP contribution in [0.2, 0.25) is 0 Å². The van der Waals surface area contributed by atoms with Gasteiger partial charge in [-0.25, -0.2) is 0 Å². The van der Waals surface area contributed by atoms with Crippen LogP contribution in [-0.2, 0) is 13.2 Å². The van der Waals surface area contributed by atoms with Crippen molar-refractivity contribution in [2.24, 2.45) is 5.73 Å². The molecular weight excluding hydrogens is 366 g/mol. The molecule has 0 radical (unpaired) electrons. The first-order valence-electron chi connectivity index (χ1n) is 5.04. The normalized spacial score (nSPS) is 10.5. The van der Waals surface area contributed by atoms with Gasteiger partial charge in [0.25, 0.3) is 0 Å². The lowest BCUT2D eigenvalue weighted by Crippen LogP contribution is -2.02. The third kappa shape index (κ3) is 3.10. The van der Waals surface area contributed by atoms with Gasteiger partial charge in [-0.2, -0.15) is 0 Å². The Kier molecular flexibility index (Phi) is 4.62. The van der Waals surface area contributed by atoms with Crippen LogP contribution in [0.4, 0.5) is 0 Å². The molecule has 0 spiro atoms. The molecule has 2 nitrogen and oxygen atoms in total. The van der Waals surface area contributed by atoms with Gasteiger partial charge in [0.15, 0.2) is 0 Å². The highest BCUT2D eigenvalue weighted by Gasteiger charge is 2.08. The fourth-order valence-electron chi connectivity index (χ4n) is 1.44. The third-order valence-corrected chi connectivity index (χ3v) is 4.83. The molecule has 0 saturated heterocycles. The summed E-state index contributed by atoms with van der Waals surface area (Å²) in [5.41, 5.74) is 6.70. The number of hydrogen-bond acceptors (Lipinski definition) is 3. The van der Waals surface area contributed by atoms with E-state index in [-0.39, 0.29) is 0 Å². The molecule has 0 aliphatic heterocycles. The van der Waals surface area contributed by atoms with Crippen molar-refractivity contribution in [2.45, 2.75) is 13.2 Å². The Morgan fingerprint density at radius 3 is 2.65 bits per heavy atom. The van der Waals surface area contributed by atoms with E-state index in [9.17, 15) is 0 Å². The van der Waals surface area contributed by atoms with Gasteiger partial charge in [0.1, 0.15) is 12.4 Å². The highest BCUT2D eigenvalue weighted by molar-refractivity contribution is 9.10. The number of ether oxygens (including phenoxy) is 1. The van der Waals surface area contributed by atoms with Crippen LogP contribution in [0, 0.1) is 0 Å². The fraction of sp³-hybridized carbons (Fsp3) is 0.167. The first kappa shape index (κ1) is 13.1. The average molecular weight is 377 g/mol. The predicted octanol–water partition coefficient (Wildman–Crippen LogP) is 4.31. The van der Waals surface area contributed by atoms with Gasteiger partial charge in [-0.15, -0.1) is 11.3 Å². The SMILES string of the molecule is NCc1cccc(Br)c1OCc1sccc1Br. The lowest BCUT2D eigenvalue weighted by atomic mass is 10.2. The van der Waals surface area contributed by atoms with Crippen molar-refractivity contribution >= 4 is 43.2 Å². The van der Waals surface area contributed by atoms with Crippen molar-refractivity contribution in [2.75, 3.05) is 0 Å². The molecule has 0 aliphatic rings. The van der Waals surface area contributed by atoms with Crippen LogP contribution < -0.4 is 10.5 Å². The Morgan fingerprint density at radius 2 is 2.00 bits per heavy atom. The average Bonchev–Trinajstić information content (AvgIpc) is 2.73. The topological polar surface area (TPSA) is 35.2 Å². The Balaban J connectivity index is 2.16. The zero-order valence-corrected chi connectivity index (χ0v) is 12.9. The third-order valence-electron chi connectivity index (χ3n) is 2.31. The summed E-state index contributed by atoms with van der Waals surface area (Å²) in [7, 11) is 0. The van der Waals surface area contributed by atoms with Gasteiger partial charge in [-0.3, -0.25) is 0 Å². The maximum atomic E-state index is 5.84. The van der Waals surface area contributed by atoms with Gasteiger partial charge >= 0.3 is 0 Å². The molecule has 2 N–H and O–H groups in total. The highest BCUT2D eigenvalue weighted by atomic mass is 79.9. The molecule has 2 aromatic rings. The number of benzene rings is 1. The molecule has 0 unspecified atom stereocenters. The molecular formula is C12H11Br2NOS. The summed E-state index contributed by atoms with van der Waals surface area (Å²) in [6.07, 6.45) is 0.